The van der Waals surface area contributed by atoms with Crippen molar-refractivity contribution in [3.05, 3.63) is 63.5 Å². The van der Waals surface area contributed by atoms with E-state index < -0.39 is 4.92 Å². The lowest BCUT2D eigenvalue weighted by Crippen LogP contribution is -2.42. The Hall–Kier alpha value is -2.96. The molecule has 2 aromatic rings. The van der Waals surface area contributed by atoms with Crippen molar-refractivity contribution in [3.8, 4) is 5.75 Å². The number of carbonyl (C=O) groups is 1. The predicted octanol–water partition coefficient (Wildman–Crippen LogP) is 3.72. The number of benzene rings is 2. The molecule has 6 nitrogen and oxygen atoms in total. The Kier molecular flexibility index (Phi) is 4.39. The Morgan fingerprint density at radius 3 is 2.76 bits per heavy atom. The average molecular weight is 344 g/mol. The molecular weight excluding hydrogens is 327 g/mol. The van der Waals surface area contributed by atoms with Gasteiger partial charge in [0.1, 0.15) is 5.82 Å². The fourth-order valence-corrected chi connectivity index (χ4v) is 3.13. The number of nitrogens with zero attached hydrogens (tertiary/aromatic N) is 2. The molecule has 130 valence electrons. The molecule has 1 aliphatic heterocycles. The van der Waals surface area contributed by atoms with Gasteiger partial charge in [0.05, 0.1) is 12.0 Å². The van der Waals surface area contributed by atoms with Crippen LogP contribution in [0.25, 0.3) is 0 Å². The SMILES string of the molecule is COc1ccc(C(=O)N2c3ccc(F)cc3CC[C@@H]2C)cc1[N+](=O)[O-]. The van der Waals surface area contributed by atoms with Crippen molar-refractivity contribution in [1.29, 1.82) is 0 Å². The molecule has 1 atom stereocenters. The van der Waals surface area contributed by atoms with Crippen LogP contribution in [0.15, 0.2) is 36.4 Å². The number of halogens is 1. The number of nitro groups is 1. The molecule has 2 aromatic carbocycles. The van der Waals surface area contributed by atoms with Gasteiger partial charge in [-0.1, -0.05) is 0 Å². The lowest BCUT2D eigenvalue weighted by atomic mass is 9.95. The molecule has 0 spiro atoms. The average Bonchev–Trinajstić information content (AvgIpc) is 2.60. The summed E-state index contributed by atoms with van der Waals surface area (Å²) in [6, 6.07) is 8.35. The van der Waals surface area contributed by atoms with Crippen molar-refractivity contribution in [1.82, 2.24) is 0 Å². The first-order valence-electron chi connectivity index (χ1n) is 7.86. The van der Waals surface area contributed by atoms with Gasteiger partial charge in [0.2, 0.25) is 0 Å². The highest BCUT2D eigenvalue weighted by atomic mass is 19.1. The summed E-state index contributed by atoms with van der Waals surface area (Å²) >= 11 is 0. The minimum atomic E-state index is -0.585. The number of carbonyl (C=O) groups excluding carboxylic acids is 1. The maximum Gasteiger partial charge on any atom is 0.311 e. The number of ether oxygens (including phenoxy) is 1. The molecule has 0 N–H and O–H groups in total. The monoisotopic (exact) mass is 344 g/mol. The van der Waals surface area contributed by atoms with Crippen molar-refractivity contribution in [2.45, 2.75) is 25.8 Å². The van der Waals surface area contributed by atoms with Crippen molar-refractivity contribution in [2.24, 2.45) is 0 Å². The zero-order valence-corrected chi connectivity index (χ0v) is 13.9. The number of methoxy groups -OCH3 is 1. The molecule has 0 saturated heterocycles. The second-order valence-corrected chi connectivity index (χ2v) is 5.98. The van der Waals surface area contributed by atoms with Gasteiger partial charge in [0, 0.05) is 23.4 Å². The van der Waals surface area contributed by atoms with E-state index in [0.717, 1.165) is 5.56 Å². The number of fused-ring (bicyclic) bond motifs is 1. The molecule has 1 aliphatic rings. The van der Waals surface area contributed by atoms with Gasteiger partial charge in [-0.05, 0) is 55.7 Å². The Balaban J connectivity index is 2.04. The molecule has 0 fully saturated rings. The van der Waals surface area contributed by atoms with Crippen LogP contribution in [0.3, 0.4) is 0 Å². The quantitative estimate of drug-likeness (QED) is 0.628. The third-order valence-electron chi connectivity index (χ3n) is 4.41. The van der Waals surface area contributed by atoms with Gasteiger partial charge in [-0.3, -0.25) is 14.9 Å². The van der Waals surface area contributed by atoms with Crippen LogP contribution < -0.4 is 9.64 Å². The number of rotatable bonds is 3. The molecule has 3 rings (SSSR count). The number of anilines is 1. The summed E-state index contributed by atoms with van der Waals surface area (Å²) in [7, 11) is 1.33. The van der Waals surface area contributed by atoms with Gasteiger partial charge in [0.25, 0.3) is 5.91 Å². The summed E-state index contributed by atoms with van der Waals surface area (Å²) in [5.74, 6) is -0.609. The first kappa shape index (κ1) is 16.9. The molecular formula is C18H17FN2O4. The van der Waals surface area contributed by atoms with Gasteiger partial charge in [0.15, 0.2) is 5.75 Å². The number of hydrogen-bond donors (Lipinski definition) is 0. The number of hydrogen-bond acceptors (Lipinski definition) is 4. The normalized spacial score (nSPS) is 16.3. The van der Waals surface area contributed by atoms with E-state index in [2.05, 4.69) is 0 Å². The molecule has 0 radical (unpaired) electrons. The summed E-state index contributed by atoms with van der Waals surface area (Å²) < 4.78 is 18.4. The Bertz CT molecular complexity index is 853. The van der Waals surface area contributed by atoms with Crippen molar-refractivity contribution >= 4 is 17.3 Å². The summed E-state index contributed by atoms with van der Waals surface area (Å²) in [5, 5.41) is 11.2. The Morgan fingerprint density at radius 1 is 1.32 bits per heavy atom. The molecule has 1 amide bonds. The lowest BCUT2D eigenvalue weighted by Gasteiger charge is -2.35. The smallest absolute Gasteiger partial charge is 0.311 e. The van der Waals surface area contributed by atoms with E-state index >= 15 is 0 Å². The topological polar surface area (TPSA) is 72.7 Å². The lowest BCUT2D eigenvalue weighted by molar-refractivity contribution is -0.385. The fraction of sp³-hybridized carbons (Fsp3) is 0.278. The van der Waals surface area contributed by atoms with Crippen molar-refractivity contribution < 1.29 is 18.8 Å². The fourth-order valence-electron chi connectivity index (χ4n) is 3.13. The van der Waals surface area contributed by atoms with E-state index in [1.54, 1.807) is 11.0 Å². The van der Waals surface area contributed by atoms with Crippen LogP contribution in [0.2, 0.25) is 0 Å². The van der Waals surface area contributed by atoms with Crippen LogP contribution in [-0.4, -0.2) is 24.0 Å². The van der Waals surface area contributed by atoms with Gasteiger partial charge in [-0.25, -0.2) is 4.39 Å². The third-order valence-corrected chi connectivity index (χ3v) is 4.41. The number of aryl methyl sites for hydroxylation is 1. The number of amides is 1. The summed E-state index contributed by atoms with van der Waals surface area (Å²) in [4.78, 5) is 25.2. The molecule has 1 heterocycles. The highest BCUT2D eigenvalue weighted by molar-refractivity contribution is 6.07. The van der Waals surface area contributed by atoms with E-state index in [1.807, 2.05) is 6.92 Å². The third kappa shape index (κ3) is 3.05. The summed E-state index contributed by atoms with van der Waals surface area (Å²) in [6.45, 7) is 1.90. The van der Waals surface area contributed by atoms with Crippen LogP contribution in [0.4, 0.5) is 15.8 Å². The molecule has 0 saturated carbocycles. The first-order valence-corrected chi connectivity index (χ1v) is 7.86. The zero-order chi connectivity index (χ0) is 18.1. The minimum absolute atomic E-state index is 0.0911. The van der Waals surface area contributed by atoms with Crippen LogP contribution >= 0.6 is 0 Å². The minimum Gasteiger partial charge on any atom is -0.490 e. The van der Waals surface area contributed by atoms with Gasteiger partial charge in [-0.2, -0.15) is 0 Å². The number of nitro benzene ring substituents is 1. The highest BCUT2D eigenvalue weighted by Crippen LogP contribution is 2.34. The van der Waals surface area contributed by atoms with E-state index in [-0.39, 0.29) is 34.8 Å². The van der Waals surface area contributed by atoms with E-state index in [9.17, 15) is 19.3 Å². The van der Waals surface area contributed by atoms with Crippen LogP contribution in [0.5, 0.6) is 5.75 Å². The Morgan fingerprint density at radius 2 is 2.08 bits per heavy atom. The van der Waals surface area contributed by atoms with Gasteiger partial charge < -0.3 is 9.64 Å². The van der Waals surface area contributed by atoms with Gasteiger partial charge >= 0.3 is 5.69 Å². The second kappa shape index (κ2) is 6.51. The molecule has 0 aromatic heterocycles. The molecule has 25 heavy (non-hydrogen) atoms. The van der Waals surface area contributed by atoms with Crippen molar-refractivity contribution in [3.63, 3.8) is 0 Å². The van der Waals surface area contributed by atoms with Crippen LogP contribution in [0, 0.1) is 15.9 Å². The molecule has 0 unspecified atom stereocenters. The predicted molar refractivity (Wildman–Crippen MR) is 90.6 cm³/mol. The largest absolute Gasteiger partial charge is 0.490 e. The molecule has 0 bridgehead atoms. The summed E-state index contributed by atoms with van der Waals surface area (Å²) in [6.07, 6.45) is 1.38. The molecule has 0 aliphatic carbocycles. The van der Waals surface area contributed by atoms with Crippen LogP contribution in [-0.2, 0) is 6.42 Å². The van der Waals surface area contributed by atoms with E-state index in [4.69, 9.17) is 4.74 Å². The Labute approximate surface area is 144 Å². The molecule has 7 heteroatoms. The zero-order valence-electron chi connectivity index (χ0n) is 13.9. The standard InChI is InChI=1S/C18H17FN2O4/c1-11-3-4-12-9-14(19)6-7-15(12)20(11)18(22)13-5-8-17(25-2)16(10-13)21(23)24/h5-11H,3-4H2,1-2H3/t11-/m0/s1. The van der Waals surface area contributed by atoms with E-state index in [0.29, 0.717) is 18.5 Å². The highest BCUT2D eigenvalue weighted by Gasteiger charge is 2.30. The van der Waals surface area contributed by atoms with Crippen LogP contribution in [0.1, 0.15) is 29.3 Å². The first-order chi connectivity index (χ1) is 11.9. The maximum absolute atomic E-state index is 13.5. The maximum atomic E-state index is 13.5. The van der Waals surface area contributed by atoms with Gasteiger partial charge in [-0.15, -0.1) is 0 Å². The summed E-state index contributed by atoms with van der Waals surface area (Å²) in [5.41, 5.74) is 1.33. The van der Waals surface area contributed by atoms with Crippen molar-refractivity contribution in [2.75, 3.05) is 12.0 Å². The van der Waals surface area contributed by atoms with E-state index in [1.165, 1.54) is 37.4 Å². The second-order valence-electron chi connectivity index (χ2n) is 5.98.